The molecule has 2 aromatic carbocycles. The van der Waals surface area contributed by atoms with Crippen LogP contribution in [-0.2, 0) is 11.0 Å². The first-order valence-electron chi connectivity index (χ1n) is 10.5. The molecule has 1 fully saturated rings. The van der Waals surface area contributed by atoms with Gasteiger partial charge in [0, 0.05) is 13.1 Å². The first-order valence-corrected chi connectivity index (χ1v) is 11.5. The van der Waals surface area contributed by atoms with E-state index < -0.39 is 17.6 Å². The lowest BCUT2D eigenvalue weighted by atomic mass is 10.1. The number of rotatable bonds is 6. The summed E-state index contributed by atoms with van der Waals surface area (Å²) >= 11 is 1.12. The van der Waals surface area contributed by atoms with Gasteiger partial charge >= 0.3 is 6.18 Å². The minimum Gasteiger partial charge on any atom is -0.370 e. The van der Waals surface area contributed by atoms with Crippen molar-refractivity contribution in [1.82, 2.24) is 20.2 Å². The van der Waals surface area contributed by atoms with Crippen molar-refractivity contribution in [3.05, 3.63) is 53.1 Å². The van der Waals surface area contributed by atoms with Crippen LogP contribution in [0.15, 0.2) is 41.6 Å². The maximum absolute atomic E-state index is 13.3. The van der Waals surface area contributed by atoms with Crippen LogP contribution in [0.5, 0.6) is 0 Å². The Morgan fingerprint density at radius 3 is 2.58 bits per heavy atom. The lowest BCUT2D eigenvalue weighted by Crippen LogP contribution is -2.22. The van der Waals surface area contributed by atoms with E-state index in [9.17, 15) is 18.0 Å². The predicted molar refractivity (Wildman–Crippen MR) is 121 cm³/mol. The first kappa shape index (κ1) is 23.1. The molecule has 1 aromatic heterocycles. The van der Waals surface area contributed by atoms with Crippen LogP contribution in [0.3, 0.4) is 0 Å². The highest BCUT2D eigenvalue weighted by Crippen LogP contribution is 2.36. The highest BCUT2D eigenvalue weighted by molar-refractivity contribution is 7.99. The third kappa shape index (κ3) is 5.29. The Balaban J connectivity index is 1.51. The zero-order valence-corrected chi connectivity index (χ0v) is 19.0. The number of hydrogen-bond donors (Lipinski definition) is 1. The number of aryl methyl sites for hydroxylation is 2. The minimum atomic E-state index is -4.49. The Kier molecular flexibility index (Phi) is 6.59. The van der Waals surface area contributed by atoms with Gasteiger partial charge in [-0.15, -0.1) is 5.10 Å². The Bertz CT molecular complexity index is 1160. The molecule has 7 nitrogen and oxygen atoms in total. The number of carbonyl (C=O) groups excluding carboxylic acids is 1. The highest BCUT2D eigenvalue weighted by Gasteiger charge is 2.32. The van der Waals surface area contributed by atoms with E-state index in [1.54, 1.807) is 4.68 Å². The SMILES string of the molecule is Cc1ccc(C)c(-n2nnnc2SCC(=O)Nc2cc(C(F)(F)F)ccc2N2CCCC2)c1. The number of halogens is 3. The van der Waals surface area contributed by atoms with Crippen molar-refractivity contribution in [1.29, 1.82) is 0 Å². The summed E-state index contributed by atoms with van der Waals surface area (Å²) in [6, 6.07) is 9.36. The van der Waals surface area contributed by atoms with Crippen molar-refractivity contribution in [3.63, 3.8) is 0 Å². The van der Waals surface area contributed by atoms with Crippen molar-refractivity contribution >= 4 is 29.0 Å². The normalized spacial score (nSPS) is 14.0. The molecule has 0 saturated carbocycles. The van der Waals surface area contributed by atoms with Crippen molar-refractivity contribution in [2.45, 2.75) is 38.0 Å². The number of thioether (sulfide) groups is 1. The Morgan fingerprint density at radius 2 is 1.85 bits per heavy atom. The topological polar surface area (TPSA) is 75.9 Å². The summed E-state index contributed by atoms with van der Waals surface area (Å²) in [6.07, 6.45) is -2.57. The summed E-state index contributed by atoms with van der Waals surface area (Å²) in [5, 5.41) is 14.8. The van der Waals surface area contributed by atoms with E-state index in [0.29, 0.717) is 10.8 Å². The zero-order valence-electron chi connectivity index (χ0n) is 18.2. The fourth-order valence-electron chi connectivity index (χ4n) is 3.73. The monoisotopic (exact) mass is 476 g/mol. The summed E-state index contributed by atoms with van der Waals surface area (Å²) < 4.78 is 41.3. The summed E-state index contributed by atoms with van der Waals surface area (Å²) in [5.74, 6) is -0.490. The van der Waals surface area contributed by atoms with E-state index in [1.165, 1.54) is 6.07 Å². The van der Waals surface area contributed by atoms with Gasteiger partial charge in [-0.1, -0.05) is 23.9 Å². The molecule has 0 bridgehead atoms. The van der Waals surface area contributed by atoms with Crippen LogP contribution < -0.4 is 10.2 Å². The smallest absolute Gasteiger partial charge is 0.370 e. The summed E-state index contributed by atoms with van der Waals surface area (Å²) in [5.41, 5.74) is 2.77. The van der Waals surface area contributed by atoms with Gasteiger partial charge < -0.3 is 10.2 Å². The van der Waals surface area contributed by atoms with Crippen LogP contribution >= 0.6 is 11.8 Å². The molecular weight excluding hydrogens is 453 g/mol. The summed E-state index contributed by atoms with van der Waals surface area (Å²) in [6.45, 7) is 5.38. The molecule has 0 radical (unpaired) electrons. The molecule has 0 spiro atoms. The van der Waals surface area contributed by atoms with E-state index in [4.69, 9.17) is 0 Å². The quantitative estimate of drug-likeness (QED) is 0.523. The lowest BCUT2D eigenvalue weighted by Gasteiger charge is -2.23. The van der Waals surface area contributed by atoms with Gasteiger partial charge in [0.05, 0.1) is 28.4 Å². The molecule has 2 heterocycles. The molecule has 33 heavy (non-hydrogen) atoms. The number of anilines is 2. The molecule has 11 heteroatoms. The number of hydrogen-bond acceptors (Lipinski definition) is 6. The Morgan fingerprint density at radius 1 is 1.09 bits per heavy atom. The molecule has 1 saturated heterocycles. The van der Waals surface area contributed by atoms with E-state index in [2.05, 4.69) is 20.8 Å². The number of aromatic nitrogens is 4. The molecule has 4 rings (SSSR count). The third-order valence-electron chi connectivity index (χ3n) is 5.41. The van der Waals surface area contributed by atoms with Gasteiger partial charge in [-0.2, -0.15) is 17.9 Å². The number of amides is 1. The predicted octanol–water partition coefficient (Wildman–Crippen LogP) is 4.63. The van der Waals surface area contributed by atoms with Crippen molar-refractivity contribution in [2.24, 2.45) is 0 Å². The number of nitrogens with one attached hydrogen (secondary N) is 1. The fourth-order valence-corrected chi connectivity index (χ4v) is 4.41. The van der Waals surface area contributed by atoms with Crippen molar-refractivity contribution < 1.29 is 18.0 Å². The second-order valence-corrected chi connectivity index (χ2v) is 8.87. The highest BCUT2D eigenvalue weighted by atomic mass is 32.2. The van der Waals surface area contributed by atoms with Gasteiger partial charge in [0.15, 0.2) is 0 Å². The van der Waals surface area contributed by atoms with Crippen LogP contribution in [0.25, 0.3) is 5.69 Å². The average molecular weight is 477 g/mol. The largest absolute Gasteiger partial charge is 0.416 e. The molecule has 3 aromatic rings. The molecule has 0 unspecified atom stereocenters. The number of alkyl halides is 3. The van der Waals surface area contributed by atoms with Crippen LogP contribution in [0.4, 0.5) is 24.5 Å². The van der Waals surface area contributed by atoms with Gasteiger partial charge in [0.1, 0.15) is 0 Å². The Hall–Kier alpha value is -3.08. The number of nitrogens with zero attached hydrogens (tertiary/aromatic N) is 5. The van der Waals surface area contributed by atoms with E-state index in [0.717, 1.165) is 66.6 Å². The van der Waals surface area contributed by atoms with Crippen LogP contribution in [0.1, 0.15) is 29.5 Å². The number of benzene rings is 2. The maximum Gasteiger partial charge on any atom is 0.416 e. The zero-order chi connectivity index (χ0) is 23.6. The van der Waals surface area contributed by atoms with Gasteiger partial charge in [-0.3, -0.25) is 4.79 Å². The van der Waals surface area contributed by atoms with Gasteiger partial charge in [0.25, 0.3) is 0 Å². The molecule has 0 atom stereocenters. The first-order chi connectivity index (χ1) is 15.7. The van der Waals surface area contributed by atoms with Crippen LogP contribution in [0, 0.1) is 13.8 Å². The summed E-state index contributed by atoms with van der Waals surface area (Å²) in [7, 11) is 0. The van der Waals surface area contributed by atoms with Crippen molar-refractivity contribution in [3.8, 4) is 5.69 Å². The molecule has 1 aliphatic rings. The maximum atomic E-state index is 13.3. The fraction of sp³-hybridized carbons (Fsp3) is 0.364. The second-order valence-electron chi connectivity index (χ2n) is 7.92. The van der Waals surface area contributed by atoms with Gasteiger partial charge in [-0.25, -0.2) is 0 Å². The second kappa shape index (κ2) is 9.42. The lowest BCUT2D eigenvalue weighted by molar-refractivity contribution is -0.137. The summed E-state index contributed by atoms with van der Waals surface area (Å²) in [4.78, 5) is 14.7. The molecule has 0 aliphatic carbocycles. The van der Waals surface area contributed by atoms with E-state index in [1.807, 2.05) is 36.9 Å². The van der Waals surface area contributed by atoms with E-state index >= 15 is 0 Å². The van der Waals surface area contributed by atoms with Gasteiger partial charge in [-0.05, 0) is 72.5 Å². The van der Waals surface area contributed by atoms with Crippen LogP contribution in [-0.4, -0.2) is 45.0 Å². The molecule has 1 amide bonds. The standard InChI is InChI=1S/C22H23F3N6OS/c1-14-5-6-15(2)19(11-14)31-21(27-28-29-31)33-13-20(32)26-17-12-16(22(23,24)25)7-8-18(17)30-9-3-4-10-30/h5-8,11-12H,3-4,9-10,13H2,1-2H3,(H,26,32). The minimum absolute atomic E-state index is 0.0546. The van der Waals surface area contributed by atoms with Gasteiger partial charge in [0.2, 0.25) is 11.1 Å². The molecular formula is C22H23F3N6OS. The number of carbonyl (C=O) groups is 1. The Labute approximate surface area is 193 Å². The van der Waals surface area contributed by atoms with Crippen molar-refractivity contribution in [2.75, 3.05) is 29.1 Å². The molecule has 1 N–H and O–H groups in total. The molecule has 174 valence electrons. The average Bonchev–Trinajstić information content (AvgIpc) is 3.45. The molecule has 1 aliphatic heterocycles. The van der Waals surface area contributed by atoms with E-state index in [-0.39, 0.29) is 11.4 Å². The third-order valence-corrected chi connectivity index (χ3v) is 6.33. The van der Waals surface area contributed by atoms with Crippen LogP contribution in [0.2, 0.25) is 0 Å². The number of tetrazole rings is 1.